The third kappa shape index (κ3) is 7.10. The predicted molar refractivity (Wildman–Crippen MR) is 202 cm³/mol. The number of pyridine rings is 1. The van der Waals surface area contributed by atoms with Gasteiger partial charge in [0.05, 0.1) is 34.6 Å². The smallest absolute Gasteiger partial charge is 0.291 e. The molecule has 1 unspecified atom stereocenters. The van der Waals surface area contributed by atoms with E-state index >= 15 is 4.39 Å². The summed E-state index contributed by atoms with van der Waals surface area (Å²) in [6, 6.07) is 16.9. The standard InChI is InChI=1S/C35H31ClFN9O2.C2H3N.C2H6/c1-44-12-4-8-23(44)17-48-34-31-32(46(19-40-31)22-10-13-45(14-11-22)35(47)33-39-18-41-43-33)25-15-26(36)28(29(37)30(25)42-34)24-9-3-6-20-5-2-7-21(16-38)27(20)24;1-2-3;1-2/h2-3,5-7,9,15,18-19,22-23H,4,8,10-14,17H2,1H3,(H,39,41,43);1H3;1-2H3. The van der Waals surface area contributed by atoms with Crippen LogP contribution < -0.4 is 4.74 Å². The van der Waals surface area contributed by atoms with E-state index < -0.39 is 5.82 Å². The summed E-state index contributed by atoms with van der Waals surface area (Å²) in [6.07, 6.45) is 6.47. The van der Waals surface area contributed by atoms with Crippen molar-refractivity contribution in [2.75, 3.05) is 33.3 Å². The first-order valence-corrected chi connectivity index (χ1v) is 18.1. The number of carbonyl (C=O) groups is 1. The summed E-state index contributed by atoms with van der Waals surface area (Å²) in [5.41, 5.74) is 2.45. The van der Waals surface area contributed by atoms with Crippen LogP contribution in [-0.2, 0) is 0 Å². The van der Waals surface area contributed by atoms with Crippen molar-refractivity contribution in [3.05, 3.63) is 77.3 Å². The second kappa shape index (κ2) is 16.4. The molecule has 2 aliphatic heterocycles. The zero-order valence-corrected chi connectivity index (χ0v) is 30.9. The molecule has 0 bridgehead atoms. The van der Waals surface area contributed by atoms with E-state index in [0.717, 1.165) is 24.8 Å². The van der Waals surface area contributed by atoms with E-state index in [1.807, 2.05) is 42.7 Å². The number of H-pyrrole nitrogens is 1. The van der Waals surface area contributed by atoms with Crippen LogP contribution in [0, 0.1) is 28.5 Å². The molecule has 1 atom stereocenters. The van der Waals surface area contributed by atoms with Gasteiger partial charge in [-0.05, 0) is 62.4 Å². The number of nitrogens with zero attached hydrogens (tertiary/aromatic N) is 9. The lowest BCUT2D eigenvalue weighted by atomic mass is 9.93. The highest BCUT2D eigenvalue weighted by atomic mass is 35.5. The number of ether oxygens (including phenoxy) is 1. The average Bonchev–Trinajstić information content (AvgIpc) is 3.97. The van der Waals surface area contributed by atoms with Gasteiger partial charge in [0.2, 0.25) is 11.7 Å². The number of imidazole rings is 1. The van der Waals surface area contributed by atoms with Crippen molar-refractivity contribution in [3.8, 4) is 29.1 Å². The number of nitrogens with one attached hydrogen (secondary N) is 1. The van der Waals surface area contributed by atoms with Crippen molar-refractivity contribution in [2.24, 2.45) is 0 Å². The topological polar surface area (TPSA) is 153 Å². The van der Waals surface area contributed by atoms with Crippen LogP contribution in [-0.4, -0.2) is 84.8 Å². The second-order valence-electron chi connectivity index (χ2n) is 12.7. The minimum atomic E-state index is -0.595. The Morgan fingerprint density at radius 3 is 2.47 bits per heavy atom. The van der Waals surface area contributed by atoms with Crippen molar-refractivity contribution < 1.29 is 13.9 Å². The number of aromatic amines is 1. The normalized spacial score (nSPS) is 16.1. The SMILES string of the molecule is CC.CC#N.CN1CCCC1COc1nc2c(F)c(-c3cccc4cccc(C#N)c34)c(Cl)cc2c2c1ncn2C1CCN(C(=O)c2ncn[nH]2)CC1. The number of aromatic nitrogens is 6. The molecule has 3 aromatic carbocycles. The quantitative estimate of drug-likeness (QED) is 0.181. The number of halogens is 2. The molecule has 0 saturated carbocycles. The number of hydrogen-bond donors (Lipinski definition) is 1. The van der Waals surface area contributed by atoms with Gasteiger partial charge in [-0.15, -0.1) is 0 Å². The molecule has 53 heavy (non-hydrogen) atoms. The van der Waals surface area contributed by atoms with E-state index in [1.54, 1.807) is 35.5 Å². The van der Waals surface area contributed by atoms with E-state index in [4.69, 9.17) is 31.6 Å². The zero-order chi connectivity index (χ0) is 37.6. The summed E-state index contributed by atoms with van der Waals surface area (Å²) in [5.74, 6) is -0.319. The molecule has 8 rings (SSSR count). The monoisotopic (exact) mass is 734 g/mol. The molecule has 12 nitrogen and oxygen atoms in total. The average molecular weight is 735 g/mol. The third-order valence-corrected chi connectivity index (χ3v) is 10.1. The second-order valence-corrected chi connectivity index (χ2v) is 13.1. The van der Waals surface area contributed by atoms with Gasteiger partial charge in [0.25, 0.3) is 5.91 Å². The molecule has 1 N–H and O–H groups in total. The zero-order valence-electron chi connectivity index (χ0n) is 30.1. The lowest BCUT2D eigenvalue weighted by molar-refractivity contribution is 0.0684. The maximum Gasteiger partial charge on any atom is 0.291 e. The van der Waals surface area contributed by atoms with Gasteiger partial charge in [0.1, 0.15) is 18.5 Å². The van der Waals surface area contributed by atoms with Crippen molar-refractivity contribution in [1.29, 1.82) is 10.5 Å². The molecule has 2 fully saturated rings. The number of likely N-dealkylation sites (N-methyl/N-ethyl adjacent to an activating group) is 1. The largest absolute Gasteiger partial charge is 0.474 e. The van der Waals surface area contributed by atoms with E-state index in [9.17, 15) is 10.1 Å². The molecule has 272 valence electrons. The highest BCUT2D eigenvalue weighted by Crippen LogP contribution is 2.43. The van der Waals surface area contributed by atoms with Crippen LogP contribution in [0.4, 0.5) is 4.39 Å². The molecule has 3 aromatic heterocycles. The Kier molecular flexibility index (Phi) is 11.5. The molecular weight excluding hydrogens is 695 g/mol. The number of rotatable bonds is 6. The van der Waals surface area contributed by atoms with Gasteiger partial charge in [0, 0.05) is 48.4 Å². The maximum absolute atomic E-state index is 17.1. The van der Waals surface area contributed by atoms with E-state index in [-0.39, 0.29) is 45.8 Å². The fourth-order valence-electron chi connectivity index (χ4n) is 7.27. The summed E-state index contributed by atoms with van der Waals surface area (Å²) in [7, 11) is 2.08. The minimum absolute atomic E-state index is 0.0223. The lowest BCUT2D eigenvalue weighted by Crippen LogP contribution is -2.39. The van der Waals surface area contributed by atoms with Gasteiger partial charge < -0.3 is 19.1 Å². The van der Waals surface area contributed by atoms with Crippen LogP contribution in [0.2, 0.25) is 5.02 Å². The summed E-state index contributed by atoms with van der Waals surface area (Å²) < 4.78 is 25.5. The predicted octanol–water partition coefficient (Wildman–Crippen LogP) is 7.69. The molecule has 0 spiro atoms. The summed E-state index contributed by atoms with van der Waals surface area (Å²) in [5, 5.41) is 25.8. The number of likely N-dealkylation sites (tertiary alicyclic amines) is 2. The van der Waals surface area contributed by atoms with Crippen molar-refractivity contribution >= 4 is 50.2 Å². The Bertz CT molecular complexity index is 2330. The Labute approximate surface area is 311 Å². The van der Waals surface area contributed by atoms with Crippen molar-refractivity contribution in [2.45, 2.75) is 58.5 Å². The van der Waals surface area contributed by atoms with Crippen LogP contribution in [0.5, 0.6) is 5.88 Å². The Morgan fingerprint density at radius 2 is 1.81 bits per heavy atom. The fraction of sp³-hybridized carbons (Fsp3) is 0.359. The summed E-state index contributed by atoms with van der Waals surface area (Å²) in [4.78, 5) is 30.5. The van der Waals surface area contributed by atoms with E-state index in [1.165, 1.54) is 13.3 Å². The van der Waals surface area contributed by atoms with Gasteiger partial charge in [-0.1, -0.05) is 55.8 Å². The number of hydrogen-bond acceptors (Lipinski definition) is 9. The molecular formula is C39H40ClFN10O2. The van der Waals surface area contributed by atoms with Crippen molar-refractivity contribution in [3.63, 3.8) is 0 Å². The van der Waals surface area contributed by atoms with Gasteiger partial charge in [-0.3, -0.25) is 9.89 Å². The van der Waals surface area contributed by atoms with Crippen LogP contribution in [0.1, 0.15) is 68.7 Å². The van der Waals surface area contributed by atoms with Crippen LogP contribution in [0.3, 0.4) is 0 Å². The molecule has 2 aliphatic rings. The number of fused-ring (bicyclic) bond motifs is 4. The molecule has 5 heterocycles. The molecule has 0 radical (unpaired) electrons. The Balaban J connectivity index is 0.000000916. The third-order valence-electron chi connectivity index (χ3n) is 9.80. The van der Waals surface area contributed by atoms with Gasteiger partial charge in [-0.2, -0.15) is 15.6 Å². The summed E-state index contributed by atoms with van der Waals surface area (Å²) >= 11 is 6.98. The van der Waals surface area contributed by atoms with Crippen LogP contribution >= 0.6 is 11.6 Å². The molecule has 0 aliphatic carbocycles. The number of benzene rings is 3. The highest BCUT2D eigenvalue weighted by molar-refractivity contribution is 6.35. The summed E-state index contributed by atoms with van der Waals surface area (Å²) in [6.45, 7) is 7.83. The van der Waals surface area contributed by atoms with Gasteiger partial charge in [0.15, 0.2) is 11.3 Å². The first-order valence-electron chi connectivity index (χ1n) is 17.7. The minimum Gasteiger partial charge on any atom is -0.474 e. The first-order chi connectivity index (χ1) is 25.8. The van der Waals surface area contributed by atoms with Gasteiger partial charge in [-0.25, -0.2) is 19.3 Å². The lowest BCUT2D eigenvalue weighted by Gasteiger charge is -2.32. The fourth-order valence-corrected chi connectivity index (χ4v) is 7.57. The Morgan fingerprint density at radius 1 is 1.08 bits per heavy atom. The van der Waals surface area contributed by atoms with Crippen molar-refractivity contribution in [1.82, 2.24) is 39.5 Å². The van der Waals surface area contributed by atoms with E-state index in [2.05, 4.69) is 33.2 Å². The molecule has 1 amide bonds. The van der Waals surface area contributed by atoms with Gasteiger partial charge >= 0.3 is 0 Å². The molecule has 2 saturated heterocycles. The highest BCUT2D eigenvalue weighted by Gasteiger charge is 2.30. The maximum atomic E-state index is 17.1. The van der Waals surface area contributed by atoms with Crippen LogP contribution in [0.25, 0.3) is 43.8 Å². The number of nitriles is 2. The first kappa shape index (κ1) is 37.1. The Hall–Kier alpha value is -5.63. The number of amides is 1. The van der Waals surface area contributed by atoms with Crippen LogP contribution in [0.15, 0.2) is 55.1 Å². The number of carbonyl (C=O) groups excluding carboxylic acids is 1. The molecule has 14 heteroatoms. The van der Waals surface area contributed by atoms with E-state index in [0.29, 0.717) is 65.5 Å². The molecule has 6 aromatic rings. The number of piperidine rings is 1.